The number of nitrogens with zero attached hydrogens (tertiary/aromatic N) is 2. The number of hydrogen-bond acceptors (Lipinski definition) is 5. The molecule has 6 heteroatoms. The molecule has 0 aliphatic heterocycles. The Morgan fingerprint density at radius 2 is 1.80 bits per heavy atom. The van der Waals surface area contributed by atoms with E-state index in [2.05, 4.69) is 20.6 Å². The van der Waals surface area contributed by atoms with Gasteiger partial charge in [-0.3, -0.25) is 9.78 Å². The van der Waals surface area contributed by atoms with E-state index in [1.807, 2.05) is 62.5 Å². The molecule has 0 saturated heterocycles. The van der Waals surface area contributed by atoms with Crippen LogP contribution in [0.25, 0.3) is 11.3 Å². The quantitative estimate of drug-likeness (QED) is 0.698. The topological polar surface area (TPSA) is 66.9 Å². The first-order valence-electron chi connectivity index (χ1n) is 7.96. The zero-order valence-electron chi connectivity index (χ0n) is 14.4. The van der Waals surface area contributed by atoms with Crippen molar-refractivity contribution < 1.29 is 4.79 Å². The van der Waals surface area contributed by atoms with Crippen LogP contribution in [-0.4, -0.2) is 15.9 Å². The van der Waals surface area contributed by atoms with Crippen molar-refractivity contribution in [2.24, 2.45) is 5.41 Å². The molecule has 128 valence electrons. The second-order valence-electron chi connectivity index (χ2n) is 6.68. The highest BCUT2D eigenvalue weighted by Gasteiger charge is 2.21. The fraction of sp³-hybridized carbons (Fsp3) is 0.211. The molecule has 0 radical (unpaired) electrons. The first-order valence-corrected chi connectivity index (χ1v) is 8.84. The Labute approximate surface area is 151 Å². The normalized spacial score (nSPS) is 11.2. The molecule has 1 aromatic carbocycles. The van der Waals surface area contributed by atoms with Gasteiger partial charge in [0.2, 0.25) is 5.91 Å². The highest BCUT2D eigenvalue weighted by Crippen LogP contribution is 2.28. The van der Waals surface area contributed by atoms with Gasteiger partial charge in [-0.25, -0.2) is 4.98 Å². The minimum atomic E-state index is -0.432. The summed E-state index contributed by atoms with van der Waals surface area (Å²) in [5.41, 5.74) is 3.15. The molecule has 0 spiro atoms. The summed E-state index contributed by atoms with van der Waals surface area (Å²) in [7, 11) is 0. The minimum absolute atomic E-state index is 0.0149. The molecule has 0 aliphatic carbocycles. The van der Waals surface area contributed by atoms with Gasteiger partial charge in [0.15, 0.2) is 5.13 Å². The van der Waals surface area contributed by atoms with E-state index in [1.54, 1.807) is 12.4 Å². The monoisotopic (exact) mass is 352 g/mol. The van der Waals surface area contributed by atoms with Crippen LogP contribution >= 0.6 is 11.3 Å². The Bertz CT molecular complexity index is 868. The van der Waals surface area contributed by atoms with Gasteiger partial charge in [-0.05, 0) is 30.3 Å². The van der Waals surface area contributed by atoms with E-state index >= 15 is 0 Å². The molecule has 5 nitrogen and oxygen atoms in total. The number of benzene rings is 1. The average molecular weight is 352 g/mol. The molecule has 25 heavy (non-hydrogen) atoms. The van der Waals surface area contributed by atoms with E-state index in [9.17, 15) is 4.79 Å². The summed E-state index contributed by atoms with van der Waals surface area (Å²) in [6, 6.07) is 11.5. The molecule has 1 amide bonds. The van der Waals surface area contributed by atoms with Crippen LogP contribution in [-0.2, 0) is 4.79 Å². The maximum absolute atomic E-state index is 12.1. The van der Waals surface area contributed by atoms with E-state index < -0.39 is 5.41 Å². The molecule has 3 aromatic rings. The number of pyridine rings is 1. The van der Waals surface area contributed by atoms with Gasteiger partial charge >= 0.3 is 0 Å². The molecule has 0 unspecified atom stereocenters. The average Bonchev–Trinajstić information content (AvgIpc) is 3.03. The van der Waals surface area contributed by atoms with E-state index in [4.69, 9.17) is 0 Å². The fourth-order valence-electron chi connectivity index (χ4n) is 2.10. The lowest BCUT2D eigenvalue weighted by atomic mass is 9.95. The van der Waals surface area contributed by atoms with Crippen LogP contribution in [0.5, 0.6) is 0 Å². The molecule has 2 aromatic heterocycles. The van der Waals surface area contributed by atoms with Crippen molar-refractivity contribution in [3.8, 4) is 11.3 Å². The van der Waals surface area contributed by atoms with Crippen LogP contribution in [0, 0.1) is 5.41 Å². The van der Waals surface area contributed by atoms with Gasteiger partial charge in [0, 0.05) is 40.1 Å². The van der Waals surface area contributed by atoms with Gasteiger partial charge in [-0.15, -0.1) is 11.3 Å². The molecular formula is C19H20N4OS. The van der Waals surface area contributed by atoms with Gasteiger partial charge in [-0.2, -0.15) is 0 Å². The molecule has 2 heterocycles. The number of carbonyl (C=O) groups is 1. The number of aromatic nitrogens is 2. The summed E-state index contributed by atoms with van der Waals surface area (Å²) in [5, 5.41) is 9.02. The van der Waals surface area contributed by atoms with E-state index in [1.165, 1.54) is 11.3 Å². The highest BCUT2D eigenvalue weighted by molar-refractivity contribution is 7.14. The van der Waals surface area contributed by atoms with Crippen LogP contribution in [0.3, 0.4) is 0 Å². The third-order valence-electron chi connectivity index (χ3n) is 3.53. The number of anilines is 3. The maximum atomic E-state index is 12.1. The van der Waals surface area contributed by atoms with Crippen LogP contribution in [0.2, 0.25) is 0 Å². The van der Waals surface area contributed by atoms with Gasteiger partial charge in [-0.1, -0.05) is 26.8 Å². The maximum Gasteiger partial charge on any atom is 0.229 e. The van der Waals surface area contributed by atoms with Crippen molar-refractivity contribution in [1.29, 1.82) is 0 Å². The summed E-state index contributed by atoms with van der Waals surface area (Å²) in [5.74, 6) is -0.0149. The highest BCUT2D eigenvalue weighted by atomic mass is 32.1. The predicted octanol–water partition coefficient (Wildman–Crippen LogP) is 4.93. The fourth-order valence-corrected chi connectivity index (χ4v) is 2.84. The smallest absolute Gasteiger partial charge is 0.229 e. The number of nitrogens with one attached hydrogen (secondary N) is 2. The van der Waals surface area contributed by atoms with Crippen molar-refractivity contribution in [1.82, 2.24) is 9.97 Å². The molecule has 0 fully saturated rings. The lowest BCUT2D eigenvalue weighted by molar-refractivity contribution is -0.123. The van der Waals surface area contributed by atoms with E-state index in [0.717, 1.165) is 27.8 Å². The second-order valence-corrected chi connectivity index (χ2v) is 7.54. The van der Waals surface area contributed by atoms with E-state index in [0.29, 0.717) is 0 Å². The van der Waals surface area contributed by atoms with Crippen molar-refractivity contribution in [3.63, 3.8) is 0 Å². The number of carbonyl (C=O) groups excluding carboxylic acids is 1. The Morgan fingerprint density at radius 1 is 1.08 bits per heavy atom. The molecule has 0 saturated carbocycles. The lowest BCUT2D eigenvalue weighted by Gasteiger charge is -2.18. The second kappa shape index (κ2) is 7.03. The van der Waals surface area contributed by atoms with Crippen molar-refractivity contribution in [2.75, 3.05) is 10.6 Å². The first kappa shape index (κ1) is 17.1. The molecule has 0 bridgehead atoms. The molecule has 3 rings (SSSR count). The van der Waals surface area contributed by atoms with Gasteiger partial charge in [0.05, 0.1) is 5.69 Å². The standard InChI is InChI=1S/C19H20N4OS/c1-19(2,3)17(24)21-14-5-4-6-15(11-14)22-18-23-16(12-25-18)13-7-9-20-10-8-13/h4-12H,1-3H3,(H,21,24)(H,22,23). The summed E-state index contributed by atoms with van der Waals surface area (Å²) in [4.78, 5) is 20.7. The zero-order valence-corrected chi connectivity index (χ0v) is 15.2. The number of thiazole rings is 1. The summed E-state index contributed by atoms with van der Waals surface area (Å²) in [6.45, 7) is 5.67. The number of hydrogen-bond donors (Lipinski definition) is 2. The van der Waals surface area contributed by atoms with Gasteiger partial charge < -0.3 is 10.6 Å². The molecule has 2 N–H and O–H groups in total. The number of rotatable bonds is 4. The third kappa shape index (κ3) is 4.42. The summed E-state index contributed by atoms with van der Waals surface area (Å²) in [6.07, 6.45) is 3.51. The van der Waals surface area contributed by atoms with Crippen LogP contribution in [0.1, 0.15) is 20.8 Å². The Hall–Kier alpha value is -2.73. The molecule has 0 aliphatic rings. The van der Waals surface area contributed by atoms with Gasteiger partial charge in [0.25, 0.3) is 0 Å². The zero-order chi connectivity index (χ0) is 17.9. The minimum Gasteiger partial charge on any atom is -0.331 e. The van der Waals surface area contributed by atoms with Crippen LogP contribution in [0.15, 0.2) is 54.2 Å². The van der Waals surface area contributed by atoms with Crippen LogP contribution < -0.4 is 10.6 Å². The predicted molar refractivity (Wildman–Crippen MR) is 103 cm³/mol. The van der Waals surface area contributed by atoms with Crippen molar-refractivity contribution in [2.45, 2.75) is 20.8 Å². The Balaban J connectivity index is 1.73. The Morgan fingerprint density at radius 3 is 2.52 bits per heavy atom. The largest absolute Gasteiger partial charge is 0.331 e. The Kier molecular flexibility index (Phi) is 4.81. The first-order chi connectivity index (χ1) is 11.9. The van der Waals surface area contributed by atoms with Crippen LogP contribution in [0.4, 0.5) is 16.5 Å². The SMILES string of the molecule is CC(C)(C)C(=O)Nc1cccc(Nc2nc(-c3ccncc3)cs2)c1. The summed E-state index contributed by atoms with van der Waals surface area (Å²) < 4.78 is 0. The number of amides is 1. The van der Waals surface area contributed by atoms with Crippen molar-refractivity contribution >= 4 is 33.8 Å². The third-order valence-corrected chi connectivity index (χ3v) is 4.29. The summed E-state index contributed by atoms with van der Waals surface area (Å²) >= 11 is 1.53. The lowest BCUT2D eigenvalue weighted by Crippen LogP contribution is -2.27. The molecular weight excluding hydrogens is 332 g/mol. The molecule has 0 atom stereocenters. The van der Waals surface area contributed by atoms with Crippen molar-refractivity contribution in [3.05, 3.63) is 54.2 Å². The van der Waals surface area contributed by atoms with E-state index in [-0.39, 0.29) is 5.91 Å². The van der Waals surface area contributed by atoms with Gasteiger partial charge in [0.1, 0.15) is 0 Å².